The molecule has 0 radical (unpaired) electrons. The topological polar surface area (TPSA) is 71.5 Å². The average Bonchev–Trinajstić information content (AvgIpc) is 2.95. The number of fused-ring (bicyclic) bond motifs is 2. The van der Waals surface area contributed by atoms with Gasteiger partial charge in [-0.1, -0.05) is 13.0 Å². The molecule has 2 heterocycles. The summed E-state index contributed by atoms with van der Waals surface area (Å²) in [5.41, 5.74) is 5.39. The quantitative estimate of drug-likeness (QED) is 0.652. The van der Waals surface area contributed by atoms with Gasteiger partial charge < -0.3 is 15.2 Å². The molecular formula is C19H22N2O3. The molecule has 1 aromatic heterocycles. The number of pyridine rings is 1. The molecule has 0 saturated carbocycles. The monoisotopic (exact) mass is 326 g/mol. The Balaban J connectivity index is 1.88. The molecule has 0 spiro atoms. The van der Waals surface area contributed by atoms with Crippen LogP contribution in [-0.2, 0) is 22.5 Å². The van der Waals surface area contributed by atoms with E-state index in [4.69, 9.17) is 9.72 Å². The molecule has 0 saturated heterocycles. The van der Waals surface area contributed by atoms with Gasteiger partial charge in [-0.2, -0.15) is 0 Å². The molecule has 5 nitrogen and oxygen atoms in total. The number of nitrogens with one attached hydrogen (secondary N) is 1. The van der Waals surface area contributed by atoms with Gasteiger partial charge in [-0.05, 0) is 43.0 Å². The van der Waals surface area contributed by atoms with E-state index in [0.29, 0.717) is 6.61 Å². The number of carbonyl (C=O) groups is 1. The highest BCUT2D eigenvalue weighted by Gasteiger charge is 2.22. The van der Waals surface area contributed by atoms with Gasteiger partial charge in [-0.3, -0.25) is 4.79 Å². The summed E-state index contributed by atoms with van der Waals surface area (Å²) in [5, 5.41) is 14.2. The van der Waals surface area contributed by atoms with Crippen LogP contribution in [0, 0.1) is 0 Å². The molecule has 0 atom stereocenters. The van der Waals surface area contributed by atoms with E-state index in [1.54, 1.807) is 12.1 Å². The van der Waals surface area contributed by atoms with Gasteiger partial charge in [0.15, 0.2) is 0 Å². The van der Waals surface area contributed by atoms with Crippen LogP contribution in [-0.4, -0.2) is 22.7 Å². The summed E-state index contributed by atoms with van der Waals surface area (Å²) >= 11 is 0. The van der Waals surface area contributed by atoms with Gasteiger partial charge in [0.05, 0.1) is 23.5 Å². The first-order valence-corrected chi connectivity index (χ1v) is 8.32. The van der Waals surface area contributed by atoms with Crippen LogP contribution in [0.25, 0.3) is 16.6 Å². The second kappa shape index (κ2) is 6.91. The van der Waals surface area contributed by atoms with Crippen LogP contribution in [0.3, 0.4) is 0 Å². The van der Waals surface area contributed by atoms with Crippen LogP contribution >= 0.6 is 0 Å². The summed E-state index contributed by atoms with van der Waals surface area (Å²) in [7, 11) is 0. The van der Waals surface area contributed by atoms with E-state index in [0.717, 1.165) is 48.1 Å². The molecular weight excluding hydrogens is 304 g/mol. The van der Waals surface area contributed by atoms with E-state index in [1.807, 2.05) is 6.07 Å². The van der Waals surface area contributed by atoms with Gasteiger partial charge in [0.25, 0.3) is 0 Å². The standard InChI is InChI=1S/C19H22N2O3/c1-3-14-15-10-13(23)7-8-17(15)21-19-16(14)11-20-18(19)6-4-5-9-24-12(2)22/h6-8,10,20,23H,3-5,9,11H2,1-2H3/b18-6-. The van der Waals surface area contributed by atoms with Crippen LogP contribution in [0.4, 0.5) is 0 Å². The Kier molecular flexibility index (Phi) is 4.69. The Bertz CT molecular complexity index is 812. The van der Waals surface area contributed by atoms with Crippen molar-refractivity contribution >= 4 is 22.6 Å². The SMILES string of the molecule is CCc1c2c(nc3ccc(O)cc13)/C(=C/CCCOC(C)=O)NC2. The number of aryl methyl sites for hydroxylation is 1. The first kappa shape index (κ1) is 16.3. The Morgan fingerprint density at radius 2 is 2.29 bits per heavy atom. The molecule has 0 bridgehead atoms. The normalized spacial score (nSPS) is 14.7. The summed E-state index contributed by atoms with van der Waals surface area (Å²) in [6, 6.07) is 5.33. The lowest BCUT2D eigenvalue weighted by molar-refractivity contribution is -0.141. The number of ether oxygens (including phenoxy) is 1. The maximum Gasteiger partial charge on any atom is 0.302 e. The van der Waals surface area contributed by atoms with E-state index in [-0.39, 0.29) is 11.7 Å². The van der Waals surface area contributed by atoms with Crippen molar-refractivity contribution in [2.45, 2.75) is 39.7 Å². The maximum absolute atomic E-state index is 10.8. The third kappa shape index (κ3) is 3.20. The number of benzene rings is 1. The fourth-order valence-electron chi connectivity index (χ4n) is 3.16. The minimum Gasteiger partial charge on any atom is -0.508 e. The number of phenolic OH excluding ortho intramolecular Hbond substituents is 1. The predicted octanol–water partition coefficient (Wildman–Crippen LogP) is 3.29. The van der Waals surface area contributed by atoms with Crippen molar-refractivity contribution in [2.75, 3.05) is 6.61 Å². The van der Waals surface area contributed by atoms with Crippen LogP contribution in [0.2, 0.25) is 0 Å². The summed E-state index contributed by atoms with van der Waals surface area (Å²) in [6.07, 6.45) is 4.63. The summed E-state index contributed by atoms with van der Waals surface area (Å²) in [4.78, 5) is 15.6. The van der Waals surface area contributed by atoms with Crippen LogP contribution < -0.4 is 5.32 Å². The summed E-state index contributed by atoms with van der Waals surface area (Å²) < 4.78 is 4.95. The molecule has 0 fully saturated rings. The van der Waals surface area contributed by atoms with Gasteiger partial charge in [0.2, 0.25) is 0 Å². The van der Waals surface area contributed by atoms with Crippen LogP contribution in [0.15, 0.2) is 24.3 Å². The van der Waals surface area contributed by atoms with Gasteiger partial charge in [-0.15, -0.1) is 0 Å². The second-order valence-electron chi connectivity index (χ2n) is 5.93. The number of carbonyl (C=O) groups excluding carboxylic acids is 1. The van der Waals surface area contributed by atoms with Gasteiger partial charge in [0, 0.05) is 24.4 Å². The molecule has 2 N–H and O–H groups in total. The molecule has 1 aliphatic heterocycles. The number of unbranched alkanes of at least 4 members (excludes halogenated alkanes) is 1. The third-order valence-electron chi connectivity index (χ3n) is 4.25. The zero-order chi connectivity index (χ0) is 17.1. The molecule has 0 aliphatic carbocycles. The van der Waals surface area contributed by atoms with Crippen molar-refractivity contribution < 1.29 is 14.6 Å². The Labute approximate surface area is 141 Å². The number of phenols is 1. The lowest BCUT2D eigenvalue weighted by Crippen LogP contribution is -2.02. The van der Waals surface area contributed by atoms with Crippen LogP contribution in [0.5, 0.6) is 5.75 Å². The smallest absolute Gasteiger partial charge is 0.302 e. The number of hydrogen-bond acceptors (Lipinski definition) is 5. The zero-order valence-corrected chi connectivity index (χ0v) is 14.1. The van der Waals surface area contributed by atoms with Gasteiger partial charge in [0.1, 0.15) is 5.75 Å². The van der Waals surface area contributed by atoms with Crippen molar-refractivity contribution in [2.24, 2.45) is 0 Å². The third-order valence-corrected chi connectivity index (χ3v) is 4.25. The molecule has 1 aliphatic rings. The zero-order valence-electron chi connectivity index (χ0n) is 14.1. The molecule has 0 amide bonds. The summed E-state index contributed by atoms with van der Waals surface area (Å²) in [5.74, 6) is 0.0297. The first-order valence-electron chi connectivity index (χ1n) is 8.32. The molecule has 126 valence electrons. The van der Waals surface area contributed by atoms with Gasteiger partial charge in [-0.25, -0.2) is 4.98 Å². The van der Waals surface area contributed by atoms with E-state index in [2.05, 4.69) is 18.3 Å². The van der Waals surface area contributed by atoms with Crippen molar-refractivity contribution in [3.63, 3.8) is 0 Å². The second-order valence-corrected chi connectivity index (χ2v) is 5.93. The van der Waals surface area contributed by atoms with Crippen molar-refractivity contribution in [3.05, 3.63) is 41.1 Å². The van der Waals surface area contributed by atoms with E-state index in [1.165, 1.54) is 18.1 Å². The first-order chi connectivity index (χ1) is 11.6. The number of rotatable bonds is 5. The average molecular weight is 326 g/mol. The minimum absolute atomic E-state index is 0.240. The molecule has 0 unspecified atom stereocenters. The maximum atomic E-state index is 10.8. The largest absolute Gasteiger partial charge is 0.508 e. The number of allylic oxidation sites excluding steroid dienone is 1. The molecule has 5 heteroatoms. The van der Waals surface area contributed by atoms with E-state index in [9.17, 15) is 9.90 Å². The van der Waals surface area contributed by atoms with E-state index >= 15 is 0 Å². The molecule has 3 rings (SSSR count). The Morgan fingerprint density at radius 3 is 3.04 bits per heavy atom. The number of nitrogens with zero attached hydrogens (tertiary/aromatic N) is 1. The highest BCUT2D eigenvalue weighted by atomic mass is 16.5. The summed E-state index contributed by atoms with van der Waals surface area (Å²) in [6.45, 7) is 4.75. The molecule has 2 aromatic rings. The van der Waals surface area contributed by atoms with Crippen molar-refractivity contribution in [3.8, 4) is 5.75 Å². The number of esters is 1. The Hall–Kier alpha value is -2.56. The van der Waals surface area contributed by atoms with Crippen molar-refractivity contribution in [1.82, 2.24) is 10.3 Å². The lowest BCUT2D eigenvalue weighted by atomic mass is 9.99. The van der Waals surface area contributed by atoms with Crippen LogP contribution in [0.1, 0.15) is 43.5 Å². The van der Waals surface area contributed by atoms with E-state index < -0.39 is 0 Å². The fraction of sp³-hybridized carbons (Fsp3) is 0.368. The fourth-order valence-corrected chi connectivity index (χ4v) is 3.16. The number of hydrogen-bond donors (Lipinski definition) is 2. The minimum atomic E-state index is -0.240. The number of aromatic nitrogens is 1. The number of aromatic hydroxyl groups is 1. The molecule has 1 aromatic carbocycles. The Morgan fingerprint density at radius 1 is 1.46 bits per heavy atom. The predicted molar refractivity (Wildman–Crippen MR) is 93.5 cm³/mol. The lowest BCUT2D eigenvalue weighted by Gasteiger charge is -2.10. The van der Waals surface area contributed by atoms with Gasteiger partial charge >= 0.3 is 5.97 Å². The van der Waals surface area contributed by atoms with Crippen molar-refractivity contribution in [1.29, 1.82) is 0 Å². The molecule has 24 heavy (non-hydrogen) atoms. The highest BCUT2D eigenvalue weighted by Crippen LogP contribution is 2.33. The highest BCUT2D eigenvalue weighted by molar-refractivity contribution is 5.88.